The van der Waals surface area contributed by atoms with Gasteiger partial charge in [0, 0.05) is 25.3 Å². The van der Waals surface area contributed by atoms with Gasteiger partial charge in [0.15, 0.2) is 0 Å². The fourth-order valence-electron chi connectivity index (χ4n) is 2.95. The van der Waals surface area contributed by atoms with Crippen LogP contribution in [0, 0.1) is 5.92 Å². The second-order valence-corrected chi connectivity index (χ2v) is 5.16. The van der Waals surface area contributed by atoms with Crippen LogP contribution >= 0.6 is 0 Å². The molecular formula is C15H24N2. The molecule has 0 heterocycles. The van der Waals surface area contributed by atoms with Gasteiger partial charge >= 0.3 is 0 Å². The number of anilines is 1. The van der Waals surface area contributed by atoms with E-state index in [0.717, 1.165) is 12.5 Å². The Morgan fingerprint density at radius 1 is 1.18 bits per heavy atom. The van der Waals surface area contributed by atoms with Gasteiger partial charge in [-0.15, -0.1) is 0 Å². The standard InChI is InChI=1S/C15H24N2/c1-16-15-11-7-6-8-13(15)12-17(2)14-9-4-3-5-10-14/h3-5,9-10,13,15-16H,6-8,11-12H2,1-2H3. The summed E-state index contributed by atoms with van der Waals surface area (Å²) in [5, 5.41) is 3.48. The van der Waals surface area contributed by atoms with Gasteiger partial charge in [-0.05, 0) is 37.9 Å². The van der Waals surface area contributed by atoms with E-state index in [1.54, 1.807) is 0 Å². The van der Waals surface area contributed by atoms with E-state index in [2.05, 4.69) is 54.6 Å². The predicted octanol–water partition coefficient (Wildman–Crippen LogP) is 2.90. The zero-order chi connectivity index (χ0) is 12.1. The summed E-state index contributed by atoms with van der Waals surface area (Å²) in [6.07, 6.45) is 5.48. The fraction of sp³-hybridized carbons (Fsp3) is 0.600. The summed E-state index contributed by atoms with van der Waals surface area (Å²) >= 11 is 0. The van der Waals surface area contributed by atoms with Crippen molar-refractivity contribution < 1.29 is 0 Å². The van der Waals surface area contributed by atoms with Gasteiger partial charge < -0.3 is 10.2 Å². The molecule has 1 aromatic rings. The molecule has 1 aromatic carbocycles. The van der Waals surface area contributed by atoms with Crippen molar-refractivity contribution in [3.05, 3.63) is 30.3 Å². The van der Waals surface area contributed by atoms with E-state index in [9.17, 15) is 0 Å². The monoisotopic (exact) mass is 232 g/mol. The van der Waals surface area contributed by atoms with Crippen molar-refractivity contribution in [2.45, 2.75) is 31.7 Å². The minimum absolute atomic E-state index is 0.704. The van der Waals surface area contributed by atoms with Gasteiger partial charge in [0.1, 0.15) is 0 Å². The minimum atomic E-state index is 0.704. The van der Waals surface area contributed by atoms with Gasteiger partial charge in [0.05, 0.1) is 0 Å². The molecule has 1 fully saturated rings. The van der Waals surface area contributed by atoms with Crippen LogP contribution in [-0.2, 0) is 0 Å². The van der Waals surface area contributed by atoms with Gasteiger partial charge in [-0.2, -0.15) is 0 Å². The highest BCUT2D eigenvalue weighted by Gasteiger charge is 2.24. The zero-order valence-electron chi connectivity index (χ0n) is 11.0. The van der Waals surface area contributed by atoms with E-state index >= 15 is 0 Å². The van der Waals surface area contributed by atoms with Crippen molar-refractivity contribution in [1.82, 2.24) is 5.32 Å². The van der Waals surface area contributed by atoms with Crippen molar-refractivity contribution in [2.24, 2.45) is 5.92 Å². The largest absolute Gasteiger partial charge is 0.374 e. The van der Waals surface area contributed by atoms with Crippen LogP contribution in [-0.4, -0.2) is 26.7 Å². The van der Waals surface area contributed by atoms with Crippen LogP contribution < -0.4 is 10.2 Å². The summed E-state index contributed by atoms with van der Waals surface area (Å²) in [4.78, 5) is 2.39. The fourth-order valence-corrected chi connectivity index (χ4v) is 2.95. The molecule has 2 heteroatoms. The van der Waals surface area contributed by atoms with E-state index in [-0.39, 0.29) is 0 Å². The number of benzene rings is 1. The number of nitrogens with one attached hydrogen (secondary N) is 1. The summed E-state index contributed by atoms with van der Waals surface area (Å²) in [6.45, 7) is 1.16. The number of nitrogens with zero attached hydrogens (tertiary/aromatic N) is 1. The maximum Gasteiger partial charge on any atom is 0.0363 e. The highest BCUT2D eigenvalue weighted by Crippen LogP contribution is 2.26. The van der Waals surface area contributed by atoms with E-state index in [0.29, 0.717) is 6.04 Å². The molecule has 1 aliphatic rings. The summed E-state index contributed by atoms with van der Waals surface area (Å²) in [6, 6.07) is 11.4. The van der Waals surface area contributed by atoms with E-state index in [1.807, 2.05) is 0 Å². The summed E-state index contributed by atoms with van der Waals surface area (Å²) in [5.74, 6) is 0.791. The molecule has 1 saturated carbocycles. The first-order chi connectivity index (χ1) is 8.31. The molecule has 0 aromatic heterocycles. The number of para-hydroxylation sites is 1. The Labute approximate surface area is 105 Å². The Kier molecular flexibility index (Phi) is 4.43. The SMILES string of the molecule is CNC1CCCCC1CN(C)c1ccccc1. The van der Waals surface area contributed by atoms with Gasteiger partial charge in [-0.1, -0.05) is 31.0 Å². The zero-order valence-corrected chi connectivity index (χ0v) is 11.0. The summed E-state index contributed by atoms with van der Waals surface area (Å²) in [5.41, 5.74) is 1.33. The molecule has 2 atom stereocenters. The molecule has 17 heavy (non-hydrogen) atoms. The van der Waals surface area contributed by atoms with Gasteiger partial charge in [0.25, 0.3) is 0 Å². The molecule has 94 valence electrons. The first kappa shape index (κ1) is 12.4. The molecule has 0 saturated heterocycles. The smallest absolute Gasteiger partial charge is 0.0363 e. The third-order valence-electron chi connectivity index (χ3n) is 3.99. The molecule has 0 amide bonds. The molecule has 0 aliphatic heterocycles. The lowest BCUT2D eigenvalue weighted by atomic mass is 9.84. The van der Waals surface area contributed by atoms with Gasteiger partial charge in [0.2, 0.25) is 0 Å². The van der Waals surface area contributed by atoms with Crippen LogP contribution in [0.15, 0.2) is 30.3 Å². The van der Waals surface area contributed by atoms with E-state index < -0.39 is 0 Å². The van der Waals surface area contributed by atoms with Crippen molar-refractivity contribution in [2.75, 3.05) is 25.5 Å². The number of hydrogen-bond donors (Lipinski definition) is 1. The lowest BCUT2D eigenvalue weighted by Crippen LogP contribution is -2.42. The van der Waals surface area contributed by atoms with Crippen molar-refractivity contribution in [3.63, 3.8) is 0 Å². The maximum absolute atomic E-state index is 3.48. The molecule has 0 bridgehead atoms. The lowest BCUT2D eigenvalue weighted by molar-refractivity contribution is 0.278. The van der Waals surface area contributed by atoms with E-state index in [1.165, 1.54) is 31.4 Å². The first-order valence-corrected chi connectivity index (χ1v) is 6.74. The Balaban J connectivity index is 1.95. The van der Waals surface area contributed by atoms with Crippen LogP contribution in [0.2, 0.25) is 0 Å². The van der Waals surface area contributed by atoms with Crippen LogP contribution in [0.3, 0.4) is 0 Å². The number of rotatable bonds is 4. The van der Waals surface area contributed by atoms with Crippen molar-refractivity contribution >= 4 is 5.69 Å². The van der Waals surface area contributed by atoms with Gasteiger partial charge in [-0.25, -0.2) is 0 Å². The summed E-state index contributed by atoms with van der Waals surface area (Å²) < 4.78 is 0. The third kappa shape index (κ3) is 3.22. The van der Waals surface area contributed by atoms with Crippen LogP contribution in [0.25, 0.3) is 0 Å². The van der Waals surface area contributed by atoms with E-state index in [4.69, 9.17) is 0 Å². The quantitative estimate of drug-likeness (QED) is 0.858. The highest BCUT2D eigenvalue weighted by molar-refractivity contribution is 5.45. The average molecular weight is 232 g/mol. The Morgan fingerprint density at radius 2 is 1.88 bits per heavy atom. The Hall–Kier alpha value is -1.02. The highest BCUT2D eigenvalue weighted by atomic mass is 15.1. The van der Waals surface area contributed by atoms with Crippen LogP contribution in [0.4, 0.5) is 5.69 Å². The molecule has 0 radical (unpaired) electrons. The topological polar surface area (TPSA) is 15.3 Å². The van der Waals surface area contributed by atoms with Crippen molar-refractivity contribution in [3.8, 4) is 0 Å². The molecule has 2 nitrogen and oxygen atoms in total. The average Bonchev–Trinajstić information content (AvgIpc) is 2.40. The molecular weight excluding hydrogens is 208 g/mol. The third-order valence-corrected chi connectivity index (χ3v) is 3.99. The molecule has 0 spiro atoms. The lowest BCUT2D eigenvalue weighted by Gasteiger charge is -2.34. The van der Waals surface area contributed by atoms with Crippen LogP contribution in [0.5, 0.6) is 0 Å². The Morgan fingerprint density at radius 3 is 2.59 bits per heavy atom. The molecule has 2 unspecified atom stereocenters. The second kappa shape index (κ2) is 6.06. The minimum Gasteiger partial charge on any atom is -0.374 e. The number of hydrogen-bond acceptors (Lipinski definition) is 2. The second-order valence-electron chi connectivity index (χ2n) is 5.16. The van der Waals surface area contributed by atoms with Crippen molar-refractivity contribution in [1.29, 1.82) is 0 Å². The predicted molar refractivity (Wildman–Crippen MR) is 74.5 cm³/mol. The molecule has 1 aliphatic carbocycles. The molecule has 2 rings (SSSR count). The molecule has 1 N–H and O–H groups in total. The summed E-state index contributed by atoms with van der Waals surface area (Å²) in [7, 11) is 4.31. The maximum atomic E-state index is 3.48. The normalized spacial score (nSPS) is 24.6. The Bertz CT molecular complexity index is 323. The van der Waals surface area contributed by atoms with Crippen LogP contribution in [0.1, 0.15) is 25.7 Å². The first-order valence-electron chi connectivity index (χ1n) is 6.74. The van der Waals surface area contributed by atoms with Gasteiger partial charge in [-0.3, -0.25) is 0 Å².